The van der Waals surface area contributed by atoms with Gasteiger partial charge in [0.2, 0.25) is 0 Å². The molecule has 0 radical (unpaired) electrons. The van der Waals surface area contributed by atoms with Gasteiger partial charge in [-0.15, -0.1) is 0 Å². The Bertz CT molecular complexity index is 1440. The van der Waals surface area contributed by atoms with Crippen LogP contribution in [0.2, 0.25) is 0 Å². The highest BCUT2D eigenvalue weighted by atomic mass is 16.1. The Balaban J connectivity index is 1.49. The average Bonchev–Trinajstić information content (AvgIpc) is 3.26. The Morgan fingerprint density at radius 2 is 2.08 bits per heavy atom. The van der Waals surface area contributed by atoms with Crippen molar-refractivity contribution < 1.29 is 4.79 Å². The molecule has 0 bridgehead atoms. The van der Waals surface area contributed by atoms with Gasteiger partial charge in [-0.1, -0.05) is 79.0 Å². The normalized spacial score (nSPS) is 22.2. The molecule has 5 nitrogen and oxygen atoms in total. The Morgan fingerprint density at radius 3 is 2.85 bits per heavy atom. The molecule has 2 aromatic rings. The average molecular weight is 519 g/mol. The predicted molar refractivity (Wildman–Crippen MR) is 162 cm³/mol. The van der Waals surface area contributed by atoms with Crippen molar-refractivity contribution in [3.8, 4) is 11.4 Å². The third-order valence-electron chi connectivity index (χ3n) is 6.97. The van der Waals surface area contributed by atoms with E-state index in [-0.39, 0.29) is 11.8 Å². The maximum Gasteiger partial charge on any atom is 0.154 e. The highest BCUT2D eigenvalue weighted by molar-refractivity contribution is 5.86. The fourth-order valence-corrected chi connectivity index (χ4v) is 4.81. The molecule has 0 spiro atoms. The standard InChI is InChI=1S/C34H38N4O/c1-6-26(20-27-14-16-31(35-18-17-27)33(39)19-23(2)3)21-29-11-8-10-28(15-13-24(29)4)30-22-36-38-34(30)32-12-7-9-25(5)37-32/h6-15,21-22,31,35H,2,4,16-20H2,1,3,5H3,(H,36,38)/b11-8+,15-13-,26-6-,28-10-,29-21-/t31-/m1/s1. The number of aromatic nitrogens is 3. The Hall–Kier alpha value is -4.09. The van der Waals surface area contributed by atoms with Gasteiger partial charge in [-0.05, 0) is 81.0 Å². The second-order valence-corrected chi connectivity index (χ2v) is 10.3. The number of carbonyl (C=O) groups is 1. The van der Waals surface area contributed by atoms with Crippen molar-refractivity contribution in [2.24, 2.45) is 0 Å². The van der Waals surface area contributed by atoms with Gasteiger partial charge < -0.3 is 5.32 Å². The molecule has 39 heavy (non-hydrogen) atoms. The number of carbonyl (C=O) groups excluding carboxylic acids is 1. The van der Waals surface area contributed by atoms with Crippen LogP contribution in [0.15, 0.2) is 114 Å². The summed E-state index contributed by atoms with van der Waals surface area (Å²) in [5.41, 5.74) is 10.3. The van der Waals surface area contributed by atoms with Crippen LogP contribution in [0, 0.1) is 6.92 Å². The number of aromatic amines is 1. The van der Waals surface area contributed by atoms with E-state index in [9.17, 15) is 4.79 Å². The molecule has 1 aliphatic heterocycles. The third-order valence-corrected chi connectivity index (χ3v) is 6.97. The van der Waals surface area contributed by atoms with E-state index in [0.29, 0.717) is 6.42 Å². The highest BCUT2D eigenvalue weighted by Crippen LogP contribution is 2.29. The van der Waals surface area contributed by atoms with Crippen LogP contribution in [0.25, 0.3) is 17.0 Å². The van der Waals surface area contributed by atoms with Gasteiger partial charge >= 0.3 is 0 Å². The number of ketones is 1. The molecule has 5 heteroatoms. The first-order valence-electron chi connectivity index (χ1n) is 13.5. The molecule has 0 saturated carbocycles. The zero-order chi connectivity index (χ0) is 27.8. The number of Topliss-reactive ketones (excluding diaryl/α,β-unsaturated/α-hetero) is 1. The maximum absolute atomic E-state index is 12.5. The molecule has 0 unspecified atom stereocenters. The lowest BCUT2D eigenvalue weighted by atomic mass is 9.94. The van der Waals surface area contributed by atoms with Gasteiger partial charge in [0.1, 0.15) is 0 Å². The molecule has 0 aromatic carbocycles. The van der Waals surface area contributed by atoms with Gasteiger partial charge in [-0.25, -0.2) is 0 Å². The molecule has 0 amide bonds. The summed E-state index contributed by atoms with van der Waals surface area (Å²) >= 11 is 0. The lowest BCUT2D eigenvalue weighted by Crippen LogP contribution is -2.36. The lowest BCUT2D eigenvalue weighted by molar-refractivity contribution is -0.120. The smallest absolute Gasteiger partial charge is 0.154 e. The molecule has 0 fully saturated rings. The molecular formula is C34H38N4O. The van der Waals surface area contributed by atoms with E-state index in [1.807, 2.05) is 38.2 Å². The summed E-state index contributed by atoms with van der Waals surface area (Å²) in [5, 5.41) is 10.8. The molecule has 1 atom stereocenters. The second-order valence-electron chi connectivity index (χ2n) is 10.3. The number of hydrogen-bond acceptors (Lipinski definition) is 4. The molecular weight excluding hydrogens is 480 g/mol. The number of hydrogen-bond donors (Lipinski definition) is 2. The lowest BCUT2D eigenvalue weighted by Gasteiger charge is -2.13. The highest BCUT2D eigenvalue weighted by Gasteiger charge is 2.19. The van der Waals surface area contributed by atoms with Crippen LogP contribution in [0.4, 0.5) is 0 Å². The first kappa shape index (κ1) is 27.9. The molecule has 0 saturated heterocycles. The number of nitrogens with zero attached hydrogens (tertiary/aromatic N) is 2. The summed E-state index contributed by atoms with van der Waals surface area (Å²) in [6, 6.07) is 5.86. The van der Waals surface area contributed by atoms with Crippen molar-refractivity contribution in [3.63, 3.8) is 0 Å². The fraction of sp³-hybridized carbons (Fsp3) is 0.265. The van der Waals surface area contributed by atoms with Crippen molar-refractivity contribution in [2.75, 3.05) is 6.54 Å². The zero-order valence-corrected chi connectivity index (χ0v) is 23.3. The van der Waals surface area contributed by atoms with Crippen LogP contribution in [-0.4, -0.2) is 33.6 Å². The minimum absolute atomic E-state index is 0.122. The second kappa shape index (κ2) is 13.1. The van der Waals surface area contributed by atoms with Crippen LogP contribution < -0.4 is 5.32 Å². The van der Waals surface area contributed by atoms with E-state index in [2.05, 4.69) is 89.2 Å². The maximum atomic E-state index is 12.5. The van der Waals surface area contributed by atoms with E-state index in [4.69, 9.17) is 0 Å². The summed E-state index contributed by atoms with van der Waals surface area (Å²) in [4.78, 5) is 17.2. The molecule has 3 heterocycles. The first-order chi connectivity index (χ1) is 18.8. The Labute approximate surface area is 232 Å². The summed E-state index contributed by atoms with van der Waals surface area (Å²) in [7, 11) is 0. The topological polar surface area (TPSA) is 70.7 Å². The summed E-state index contributed by atoms with van der Waals surface area (Å²) in [6.45, 7) is 15.0. The van der Waals surface area contributed by atoms with Crippen LogP contribution >= 0.6 is 0 Å². The third kappa shape index (κ3) is 7.49. The number of H-pyrrole nitrogens is 1. The molecule has 2 aromatic heterocycles. The van der Waals surface area contributed by atoms with Gasteiger partial charge in [0, 0.05) is 17.7 Å². The van der Waals surface area contributed by atoms with Crippen molar-refractivity contribution in [2.45, 2.75) is 52.5 Å². The minimum Gasteiger partial charge on any atom is -0.307 e. The first-order valence-corrected chi connectivity index (χ1v) is 13.5. The summed E-state index contributed by atoms with van der Waals surface area (Å²) in [6.07, 6.45) is 21.8. The van der Waals surface area contributed by atoms with E-state index >= 15 is 0 Å². The van der Waals surface area contributed by atoms with E-state index in [1.54, 1.807) is 0 Å². The SMILES string of the molecule is C=C(C)CC(=O)[C@H]1CC=C(CC(=C/C)/C=C2/C=C/C=C(c3cn[nH]c3-c3cccc(C)n3)/C=C\C2=C)CCN1. The zero-order valence-electron chi connectivity index (χ0n) is 23.3. The molecule has 1 aliphatic carbocycles. The van der Waals surface area contributed by atoms with Crippen LogP contribution in [0.3, 0.4) is 0 Å². The number of pyridine rings is 1. The van der Waals surface area contributed by atoms with Crippen LogP contribution in [0.5, 0.6) is 0 Å². The largest absolute Gasteiger partial charge is 0.307 e. The fourth-order valence-electron chi connectivity index (χ4n) is 4.81. The summed E-state index contributed by atoms with van der Waals surface area (Å²) < 4.78 is 0. The van der Waals surface area contributed by atoms with Gasteiger partial charge in [0.25, 0.3) is 0 Å². The van der Waals surface area contributed by atoms with Crippen molar-refractivity contribution >= 4 is 11.4 Å². The van der Waals surface area contributed by atoms with E-state index in [0.717, 1.165) is 70.7 Å². The van der Waals surface area contributed by atoms with Crippen molar-refractivity contribution in [3.05, 3.63) is 125 Å². The Morgan fingerprint density at radius 1 is 1.23 bits per heavy atom. The molecule has 4 rings (SSSR count). The number of aryl methyl sites for hydroxylation is 1. The van der Waals surface area contributed by atoms with Crippen LogP contribution in [0.1, 0.15) is 50.8 Å². The van der Waals surface area contributed by atoms with Gasteiger partial charge in [-0.3, -0.25) is 14.9 Å². The number of rotatable bonds is 8. The molecule has 200 valence electrons. The number of allylic oxidation sites excluding steroid dienone is 12. The van der Waals surface area contributed by atoms with E-state index < -0.39 is 0 Å². The monoisotopic (exact) mass is 518 g/mol. The van der Waals surface area contributed by atoms with Gasteiger partial charge in [-0.2, -0.15) is 5.10 Å². The van der Waals surface area contributed by atoms with Crippen LogP contribution in [-0.2, 0) is 4.79 Å². The quantitative estimate of drug-likeness (QED) is 0.359. The van der Waals surface area contributed by atoms with Gasteiger partial charge in [0.05, 0.1) is 23.6 Å². The van der Waals surface area contributed by atoms with Gasteiger partial charge in [0.15, 0.2) is 5.78 Å². The van der Waals surface area contributed by atoms with Crippen molar-refractivity contribution in [1.82, 2.24) is 20.5 Å². The predicted octanol–water partition coefficient (Wildman–Crippen LogP) is 7.32. The minimum atomic E-state index is -0.122. The molecule has 2 N–H and O–H groups in total. The Kier molecular flexibility index (Phi) is 9.40. The number of nitrogens with one attached hydrogen (secondary N) is 2. The summed E-state index contributed by atoms with van der Waals surface area (Å²) in [5.74, 6) is 0.223. The van der Waals surface area contributed by atoms with Crippen molar-refractivity contribution in [1.29, 1.82) is 0 Å². The van der Waals surface area contributed by atoms with E-state index in [1.165, 1.54) is 11.1 Å². The molecule has 2 aliphatic rings.